The van der Waals surface area contributed by atoms with E-state index in [2.05, 4.69) is 11.9 Å². The molecule has 0 spiro atoms. The summed E-state index contributed by atoms with van der Waals surface area (Å²) in [7, 11) is 0. The number of amides is 1. The molecule has 202 valence electrons. The van der Waals surface area contributed by atoms with Crippen molar-refractivity contribution in [1.82, 2.24) is 9.47 Å². The van der Waals surface area contributed by atoms with Gasteiger partial charge in [-0.25, -0.2) is 9.79 Å². The Hall–Kier alpha value is -3.49. The van der Waals surface area contributed by atoms with E-state index in [1.54, 1.807) is 31.2 Å². The fraction of sp³-hybridized carbons (Fsp3) is 0.300. The molecule has 2 aliphatic heterocycles. The Labute approximate surface area is 236 Å². The quantitative estimate of drug-likeness (QED) is 0.330. The van der Waals surface area contributed by atoms with Gasteiger partial charge in [0.2, 0.25) is 5.91 Å². The van der Waals surface area contributed by atoms with Gasteiger partial charge in [0.1, 0.15) is 22.9 Å². The summed E-state index contributed by atoms with van der Waals surface area (Å²) in [5.41, 5.74) is 2.38. The van der Waals surface area contributed by atoms with Crippen molar-refractivity contribution >= 4 is 62.9 Å². The smallest absolute Gasteiger partial charge is 0.344 e. The summed E-state index contributed by atoms with van der Waals surface area (Å²) >= 11 is 7.20. The van der Waals surface area contributed by atoms with Crippen molar-refractivity contribution in [3.05, 3.63) is 81.6 Å². The van der Waals surface area contributed by atoms with Gasteiger partial charge in [0.05, 0.1) is 17.2 Å². The number of benzene rings is 2. The summed E-state index contributed by atoms with van der Waals surface area (Å²) < 4.78 is 7.18. The third-order valence-electron chi connectivity index (χ3n) is 6.96. The van der Waals surface area contributed by atoms with Crippen LogP contribution in [0.5, 0.6) is 0 Å². The van der Waals surface area contributed by atoms with Crippen LogP contribution in [0.3, 0.4) is 0 Å². The molecule has 0 radical (unpaired) electrons. The molecule has 1 aromatic heterocycles. The third-order valence-corrected chi connectivity index (χ3v) is 8.23. The van der Waals surface area contributed by atoms with E-state index < -0.39 is 5.97 Å². The zero-order valence-corrected chi connectivity index (χ0v) is 23.5. The van der Waals surface area contributed by atoms with Crippen molar-refractivity contribution < 1.29 is 19.4 Å². The molecule has 39 heavy (non-hydrogen) atoms. The summed E-state index contributed by atoms with van der Waals surface area (Å²) in [4.78, 5) is 33.1. The average Bonchev–Trinajstić information content (AvgIpc) is 3.42. The average molecular weight is 564 g/mol. The van der Waals surface area contributed by atoms with Gasteiger partial charge in [0, 0.05) is 40.3 Å². The van der Waals surface area contributed by atoms with Crippen LogP contribution in [0.1, 0.15) is 38.7 Å². The minimum atomic E-state index is -0.637. The van der Waals surface area contributed by atoms with E-state index in [0.717, 1.165) is 42.3 Å². The zero-order valence-electron chi connectivity index (χ0n) is 21.9. The number of esters is 1. The van der Waals surface area contributed by atoms with Crippen molar-refractivity contribution in [2.75, 3.05) is 13.2 Å². The standard InChI is InChI=1S/C30H30ClN3O4S/c1-3-38-30(37)27-28(36)25(39-29(27)32-22-13-11-21(31)12-14-22)16-20-17-33(24-10-5-4-9-23(20)24)18-26(35)34-15-7-6-8-19(34)2/h4-5,9-14,16-17,19,36H,3,6-8,15,18H2,1-2H3/b25-16-,32-29?/t19-/m0/s1. The van der Waals surface area contributed by atoms with Crippen LogP contribution in [-0.2, 0) is 20.9 Å². The van der Waals surface area contributed by atoms with Crippen LogP contribution < -0.4 is 0 Å². The Morgan fingerprint density at radius 1 is 1.18 bits per heavy atom. The number of aliphatic hydroxyl groups is 1. The number of thioether (sulfide) groups is 1. The first-order valence-electron chi connectivity index (χ1n) is 13.1. The number of aromatic nitrogens is 1. The number of aliphatic hydroxyl groups excluding tert-OH is 1. The van der Waals surface area contributed by atoms with Gasteiger partial charge in [0.25, 0.3) is 0 Å². The topological polar surface area (TPSA) is 84.1 Å². The maximum Gasteiger partial charge on any atom is 0.344 e. The highest BCUT2D eigenvalue weighted by Gasteiger charge is 2.33. The van der Waals surface area contributed by atoms with E-state index in [4.69, 9.17) is 16.3 Å². The van der Waals surface area contributed by atoms with E-state index in [9.17, 15) is 14.7 Å². The molecule has 0 unspecified atom stereocenters. The Morgan fingerprint density at radius 3 is 2.69 bits per heavy atom. The Kier molecular flexibility index (Phi) is 8.14. The first-order valence-corrected chi connectivity index (χ1v) is 14.3. The Bertz CT molecular complexity index is 1510. The van der Waals surface area contributed by atoms with Gasteiger partial charge in [-0.2, -0.15) is 0 Å². The predicted molar refractivity (Wildman–Crippen MR) is 157 cm³/mol. The number of carbonyl (C=O) groups is 2. The second kappa shape index (κ2) is 11.7. The number of halogens is 1. The molecule has 0 aliphatic carbocycles. The van der Waals surface area contributed by atoms with Crippen LogP contribution in [-0.4, -0.2) is 50.7 Å². The van der Waals surface area contributed by atoms with Crippen molar-refractivity contribution in [3.8, 4) is 0 Å². The third kappa shape index (κ3) is 5.77. The van der Waals surface area contributed by atoms with Crippen LogP contribution in [0.2, 0.25) is 5.02 Å². The number of likely N-dealkylation sites (tertiary alicyclic amines) is 1. The predicted octanol–water partition coefficient (Wildman–Crippen LogP) is 6.89. The second-order valence-corrected chi connectivity index (χ2v) is 11.1. The molecule has 1 amide bonds. The van der Waals surface area contributed by atoms with Crippen molar-refractivity contribution in [2.45, 2.75) is 45.7 Å². The van der Waals surface area contributed by atoms with E-state index in [-0.39, 0.29) is 36.4 Å². The Balaban J connectivity index is 1.51. The molecule has 1 fully saturated rings. The number of ether oxygens (including phenoxy) is 1. The largest absolute Gasteiger partial charge is 0.506 e. The van der Waals surface area contributed by atoms with Gasteiger partial charge in [-0.05, 0) is 69.5 Å². The number of carbonyl (C=O) groups excluding carboxylic acids is 2. The van der Waals surface area contributed by atoms with Gasteiger partial charge in [-0.1, -0.05) is 41.6 Å². The minimum Gasteiger partial charge on any atom is -0.506 e. The number of para-hydroxylation sites is 1. The molecule has 9 heteroatoms. The normalized spacial score (nSPS) is 19.9. The van der Waals surface area contributed by atoms with Gasteiger partial charge < -0.3 is 19.3 Å². The zero-order chi connectivity index (χ0) is 27.5. The number of aliphatic imine (C=N–C) groups is 1. The van der Waals surface area contributed by atoms with Crippen LogP contribution in [0.25, 0.3) is 17.0 Å². The number of nitrogens with zero attached hydrogens (tertiary/aromatic N) is 3. The number of piperidine rings is 1. The number of hydrogen-bond donors (Lipinski definition) is 1. The number of hydrogen-bond acceptors (Lipinski definition) is 6. The second-order valence-electron chi connectivity index (χ2n) is 9.61. The van der Waals surface area contributed by atoms with Crippen LogP contribution in [0.15, 0.2) is 76.0 Å². The van der Waals surface area contributed by atoms with E-state index >= 15 is 0 Å². The minimum absolute atomic E-state index is 0.0288. The molecule has 1 N–H and O–H groups in total. The monoisotopic (exact) mass is 563 g/mol. The molecule has 7 nitrogen and oxygen atoms in total. The molecule has 0 saturated carbocycles. The molecule has 3 aromatic rings. The molecule has 5 rings (SSSR count). The maximum absolute atomic E-state index is 13.2. The molecule has 1 atom stereocenters. The lowest BCUT2D eigenvalue weighted by atomic mass is 10.0. The lowest BCUT2D eigenvalue weighted by molar-refractivity contribution is -0.138. The summed E-state index contributed by atoms with van der Waals surface area (Å²) in [6, 6.07) is 15.0. The van der Waals surface area contributed by atoms with Crippen molar-refractivity contribution in [1.29, 1.82) is 0 Å². The van der Waals surface area contributed by atoms with Gasteiger partial charge in [-0.15, -0.1) is 0 Å². The number of rotatable bonds is 6. The molecule has 2 aromatic carbocycles. The van der Waals surface area contributed by atoms with Gasteiger partial charge in [0.15, 0.2) is 0 Å². The van der Waals surface area contributed by atoms with Gasteiger partial charge in [-0.3, -0.25) is 4.79 Å². The van der Waals surface area contributed by atoms with Crippen molar-refractivity contribution in [2.24, 2.45) is 4.99 Å². The fourth-order valence-electron chi connectivity index (χ4n) is 4.99. The van der Waals surface area contributed by atoms with Crippen LogP contribution in [0, 0.1) is 0 Å². The summed E-state index contributed by atoms with van der Waals surface area (Å²) in [6.07, 6.45) is 6.97. The highest BCUT2D eigenvalue weighted by atomic mass is 35.5. The fourth-order valence-corrected chi connectivity index (χ4v) is 6.14. The lowest BCUT2D eigenvalue weighted by Gasteiger charge is -2.33. The van der Waals surface area contributed by atoms with Crippen molar-refractivity contribution in [3.63, 3.8) is 0 Å². The van der Waals surface area contributed by atoms with Crippen LogP contribution >= 0.6 is 23.4 Å². The maximum atomic E-state index is 13.2. The molecule has 3 heterocycles. The first kappa shape index (κ1) is 27.1. The molecule has 1 saturated heterocycles. The Morgan fingerprint density at radius 2 is 1.95 bits per heavy atom. The molecule has 0 bridgehead atoms. The van der Waals surface area contributed by atoms with Gasteiger partial charge >= 0.3 is 5.97 Å². The highest BCUT2D eigenvalue weighted by Crippen LogP contribution is 2.41. The van der Waals surface area contributed by atoms with Crippen LogP contribution in [0.4, 0.5) is 5.69 Å². The SMILES string of the molecule is CCOC(=O)C1=C(O)/C(=C/c2cn(CC(=O)N3CCCC[C@@H]3C)c3ccccc23)SC1=Nc1ccc(Cl)cc1. The van der Waals surface area contributed by atoms with E-state index in [1.807, 2.05) is 46.0 Å². The summed E-state index contributed by atoms with van der Waals surface area (Å²) in [6.45, 7) is 5.02. The first-order chi connectivity index (χ1) is 18.9. The molecular weight excluding hydrogens is 534 g/mol. The van der Waals surface area contributed by atoms with E-state index in [1.165, 1.54) is 11.8 Å². The summed E-state index contributed by atoms with van der Waals surface area (Å²) in [5, 5.41) is 13.0. The molecule has 2 aliphatic rings. The lowest BCUT2D eigenvalue weighted by Crippen LogP contribution is -2.43. The highest BCUT2D eigenvalue weighted by molar-refractivity contribution is 8.18. The molecular formula is C30H30ClN3O4S. The van der Waals surface area contributed by atoms with E-state index in [0.29, 0.717) is 20.7 Å². The number of fused-ring (bicyclic) bond motifs is 1. The summed E-state index contributed by atoms with van der Waals surface area (Å²) in [5.74, 6) is -0.717.